The van der Waals surface area contributed by atoms with E-state index in [0.29, 0.717) is 0 Å². The van der Waals surface area contributed by atoms with E-state index in [2.05, 4.69) is 0 Å². The first-order chi connectivity index (χ1) is 11.4. The van der Waals surface area contributed by atoms with Crippen LogP contribution in [0.5, 0.6) is 0 Å². The van der Waals surface area contributed by atoms with Gasteiger partial charge < -0.3 is 15.2 Å². The fourth-order valence-electron chi connectivity index (χ4n) is 2.56. The number of rotatable bonds is 4. The molecule has 0 saturated heterocycles. The zero-order chi connectivity index (χ0) is 17.9. The van der Waals surface area contributed by atoms with Crippen molar-refractivity contribution in [2.75, 3.05) is 6.61 Å². The van der Waals surface area contributed by atoms with Crippen molar-refractivity contribution < 1.29 is 19.2 Å². The molecule has 0 radical (unpaired) electrons. The standard InChI is InChI=1S/C16H15N3O5/c1-3-23-16(20)13-9(2)24-15(18)11(8-17)14(13)10-6-4-5-7-12(10)19(21)22/h4-7,14H,3,18H2,1-2H3/t14-/m0/s1. The van der Waals surface area contributed by atoms with Crippen LogP contribution in [0.2, 0.25) is 0 Å². The van der Waals surface area contributed by atoms with E-state index in [4.69, 9.17) is 15.2 Å². The maximum Gasteiger partial charge on any atom is 0.338 e. The number of nitro groups is 1. The number of ether oxygens (including phenoxy) is 2. The molecule has 0 aromatic heterocycles. The van der Waals surface area contributed by atoms with Crippen LogP contribution >= 0.6 is 0 Å². The van der Waals surface area contributed by atoms with Gasteiger partial charge in [-0.25, -0.2) is 4.79 Å². The highest BCUT2D eigenvalue weighted by molar-refractivity contribution is 5.93. The Balaban J connectivity index is 2.73. The van der Waals surface area contributed by atoms with Gasteiger partial charge in [-0.15, -0.1) is 0 Å². The van der Waals surface area contributed by atoms with Crippen LogP contribution in [0.25, 0.3) is 0 Å². The van der Waals surface area contributed by atoms with Crippen LogP contribution in [0.15, 0.2) is 47.1 Å². The molecule has 0 saturated carbocycles. The number of carbonyl (C=O) groups excluding carboxylic acids is 1. The number of allylic oxidation sites excluding steroid dienone is 2. The molecule has 24 heavy (non-hydrogen) atoms. The average molecular weight is 329 g/mol. The largest absolute Gasteiger partial charge is 0.463 e. The number of para-hydroxylation sites is 1. The van der Waals surface area contributed by atoms with Gasteiger partial charge in [0, 0.05) is 11.6 Å². The predicted molar refractivity (Wildman–Crippen MR) is 83.1 cm³/mol. The normalized spacial score (nSPS) is 17.1. The van der Waals surface area contributed by atoms with Crippen LogP contribution in [0, 0.1) is 21.4 Å². The van der Waals surface area contributed by atoms with Gasteiger partial charge in [-0.2, -0.15) is 5.26 Å². The van der Waals surface area contributed by atoms with Crippen molar-refractivity contribution in [1.29, 1.82) is 5.26 Å². The summed E-state index contributed by atoms with van der Waals surface area (Å²) >= 11 is 0. The lowest BCUT2D eigenvalue weighted by Crippen LogP contribution is -2.26. The molecule has 0 fully saturated rings. The summed E-state index contributed by atoms with van der Waals surface area (Å²) in [5, 5.41) is 20.8. The fraction of sp³-hybridized carbons (Fsp3) is 0.250. The van der Waals surface area contributed by atoms with Gasteiger partial charge in [-0.05, 0) is 13.8 Å². The number of esters is 1. The van der Waals surface area contributed by atoms with Crippen LogP contribution in [-0.4, -0.2) is 17.5 Å². The molecule has 1 aliphatic heterocycles. The van der Waals surface area contributed by atoms with E-state index in [-0.39, 0.29) is 40.6 Å². The molecule has 0 bridgehead atoms. The van der Waals surface area contributed by atoms with Crippen LogP contribution in [0.3, 0.4) is 0 Å². The number of nitriles is 1. The molecule has 0 aliphatic carbocycles. The molecule has 2 N–H and O–H groups in total. The number of hydrogen-bond acceptors (Lipinski definition) is 7. The van der Waals surface area contributed by atoms with Crippen LogP contribution in [-0.2, 0) is 14.3 Å². The van der Waals surface area contributed by atoms with E-state index in [1.165, 1.54) is 25.1 Å². The van der Waals surface area contributed by atoms with Crippen LogP contribution < -0.4 is 5.73 Å². The Morgan fingerprint density at radius 3 is 2.75 bits per heavy atom. The molecule has 1 aromatic carbocycles. The Morgan fingerprint density at radius 1 is 1.50 bits per heavy atom. The lowest BCUT2D eigenvalue weighted by molar-refractivity contribution is -0.385. The lowest BCUT2D eigenvalue weighted by atomic mass is 9.82. The van der Waals surface area contributed by atoms with Gasteiger partial charge in [0.05, 0.1) is 23.0 Å². The Labute approximate surface area is 137 Å². The summed E-state index contributed by atoms with van der Waals surface area (Å²) in [5.41, 5.74) is 5.65. The van der Waals surface area contributed by atoms with Gasteiger partial charge in [-0.1, -0.05) is 18.2 Å². The van der Waals surface area contributed by atoms with Crippen molar-refractivity contribution in [3.63, 3.8) is 0 Å². The van der Waals surface area contributed by atoms with Gasteiger partial charge in [0.1, 0.15) is 17.4 Å². The summed E-state index contributed by atoms with van der Waals surface area (Å²) in [5.74, 6) is -1.78. The number of benzene rings is 1. The second-order valence-electron chi connectivity index (χ2n) is 4.93. The first-order valence-electron chi connectivity index (χ1n) is 7.11. The third kappa shape index (κ3) is 2.92. The van der Waals surface area contributed by atoms with E-state index in [9.17, 15) is 20.2 Å². The van der Waals surface area contributed by atoms with Crippen molar-refractivity contribution in [3.05, 3.63) is 62.7 Å². The molecule has 1 heterocycles. The number of nitrogens with two attached hydrogens (primary N) is 1. The highest BCUT2D eigenvalue weighted by Gasteiger charge is 2.39. The van der Waals surface area contributed by atoms with Gasteiger partial charge in [0.25, 0.3) is 5.69 Å². The summed E-state index contributed by atoms with van der Waals surface area (Å²) in [4.78, 5) is 23.1. The average Bonchev–Trinajstić information content (AvgIpc) is 2.54. The second kappa shape index (κ2) is 6.83. The van der Waals surface area contributed by atoms with Gasteiger partial charge in [0.15, 0.2) is 0 Å². The zero-order valence-electron chi connectivity index (χ0n) is 13.1. The summed E-state index contributed by atoms with van der Waals surface area (Å²) in [7, 11) is 0. The number of hydrogen-bond donors (Lipinski definition) is 1. The molecule has 0 amide bonds. The lowest BCUT2D eigenvalue weighted by Gasteiger charge is -2.26. The molecular formula is C16H15N3O5. The van der Waals surface area contributed by atoms with E-state index in [1.807, 2.05) is 6.07 Å². The smallest absolute Gasteiger partial charge is 0.338 e. The summed E-state index contributed by atoms with van der Waals surface area (Å²) in [6.45, 7) is 3.24. The van der Waals surface area contributed by atoms with Crippen LogP contribution in [0.4, 0.5) is 5.69 Å². The van der Waals surface area contributed by atoms with Crippen molar-refractivity contribution in [1.82, 2.24) is 0 Å². The van der Waals surface area contributed by atoms with E-state index in [0.717, 1.165) is 0 Å². The highest BCUT2D eigenvalue weighted by Crippen LogP contribution is 2.42. The Bertz CT molecular complexity index is 804. The minimum Gasteiger partial charge on any atom is -0.463 e. The topological polar surface area (TPSA) is 128 Å². The third-order valence-corrected chi connectivity index (χ3v) is 3.55. The molecular weight excluding hydrogens is 314 g/mol. The van der Waals surface area contributed by atoms with Gasteiger partial charge in [0.2, 0.25) is 5.88 Å². The fourth-order valence-corrected chi connectivity index (χ4v) is 2.56. The number of carbonyl (C=O) groups is 1. The minimum absolute atomic E-state index is 0.0249. The van der Waals surface area contributed by atoms with Crippen molar-refractivity contribution in [2.45, 2.75) is 19.8 Å². The summed E-state index contributed by atoms with van der Waals surface area (Å²) in [6.07, 6.45) is 0. The molecule has 0 unspecified atom stereocenters. The number of nitro benzene ring substituents is 1. The molecule has 124 valence electrons. The predicted octanol–water partition coefficient (Wildman–Crippen LogP) is 2.24. The molecule has 8 nitrogen and oxygen atoms in total. The van der Waals surface area contributed by atoms with E-state index in [1.54, 1.807) is 13.0 Å². The molecule has 1 aromatic rings. The zero-order valence-corrected chi connectivity index (χ0v) is 13.1. The minimum atomic E-state index is -1.02. The first kappa shape index (κ1) is 17.0. The van der Waals surface area contributed by atoms with Gasteiger partial charge in [-0.3, -0.25) is 10.1 Å². The number of nitrogens with zero attached hydrogens (tertiary/aromatic N) is 2. The Hall–Kier alpha value is -3.34. The maximum absolute atomic E-state index is 12.3. The Morgan fingerprint density at radius 2 is 2.17 bits per heavy atom. The molecule has 1 aliphatic rings. The van der Waals surface area contributed by atoms with E-state index < -0.39 is 16.8 Å². The van der Waals surface area contributed by atoms with Crippen LogP contribution in [0.1, 0.15) is 25.3 Å². The monoisotopic (exact) mass is 329 g/mol. The third-order valence-electron chi connectivity index (χ3n) is 3.55. The maximum atomic E-state index is 12.3. The summed E-state index contributed by atoms with van der Waals surface area (Å²) in [6, 6.07) is 7.74. The van der Waals surface area contributed by atoms with E-state index >= 15 is 0 Å². The highest BCUT2D eigenvalue weighted by atomic mass is 16.6. The molecule has 1 atom stereocenters. The SMILES string of the molecule is CCOC(=O)C1=C(C)OC(N)=C(C#N)[C@@H]1c1ccccc1[N+](=O)[O-]. The Kier molecular flexibility index (Phi) is 4.84. The molecule has 0 spiro atoms. The molecule has 8 heteroatoms. The quantitative estimate of drug-likeness (QED) is 0.509. The van der Waals surface area contributed by atoms with Crippen molar-refractivity contribution in [3.8, 4) is 6.07 Å². The van der Waals surface area contributed by atoms with Gasteiger partial charge >= 0.3 is 5.97 Å². The van der Waals surface area contributed by atoms with Crippen molar-refractivity contribution in [2.24, 2.45) is 5.73 Å². The second-order valence-corrected chi connectivity index (χ2v) is 4.93. The van der Waals surface area contributed by atoms with Crippen molar-refractivity contribution >= 4 is 11.7 Å². The summed E-state index contributed by atoms with van der Waals surface area (Å²) < 4.78 is 10.3. The first-order valence-corrected chi connectivity index (χ1v) is 7.11. The molecule has 2 rings (SSSR count).